The summed E-state index contributed by atoms with van der Waals surface area (Å²) in [5.74, 6) is 0. The van der Waals surface area contributed by atoms with E-state index in [2.05, 4.69) is 15.5 Å². The number of sulfonamides is 1. The fraction of sp³-hybridized carbons (Fsp3) is 0.786. The van der Waals surface area contributed by atoms with E-state index in [-0.39, 0.29) is 12.1 Å². The van der Waals surface area contributed by atoms with Gasteiger partial charge in [0.25, 0.3) is 0 Å². The average molecular weight is 312 g/mol. The van der Waals surface area contributed by atoms with Crippen LogP contribution < -0.4 is 5.32 Å². The highest BCUT2D eigenvalue weighted by atomic mass is 32.2. The number of aromatic nitrogens is 2. The SMILES string of the molecule is Cc1n[nH]c(C)c1S(=O)(=O)N(CC1CCCCN1)C1CC1. The van der Waals surface area contributed by atoms with Crippen molar-refractivity contribution in [3.8, 4) is 0 Å². The normalized spacial score (nSPS) is 23.7. The van der Waals surface area contributed by atoms with Crippen LogP contribution in [0.25, 0.3) is 0 Å². The first-order valence-electron chi connectivity index (χ1n) is 7.77. The topological polar surface area (TPSA) is 78.1 Å². The van der Waals surface area contributed by atoms with E-state index in [1.165, 1.54) is 12.8 Å². The summed E-state index contributed by atoms with van der Waals surface area (Å²) in [7, 11) is -3.46. The molecule has 2 N–H and O–H groups in total. The second-order valence-corrected chi connectivity index (χ2v) is 8.04. The van der Waals surface area contributed by atoms with Gasteiger partial charge in [0.2, 0.25) is 10.0 Å². The Bertz CT molecular complexity index is 581. The zero-order chi connectivity index (χ0) is 15.0. The van der Waals surface area contributed by atoms with Crippen molar-refractivity contribution in [3.05, 3.63) is 11.4 Å². The molecule has 2 aliphatic rings. The highest BCUT2D eigenvalue weighted by Gasteiger charge is 2.41. The number of nitrogens with zero attached hydrogens (tertiary/aromatic N) is 2. The molecule has 118 valence electrons. The van der Waals surface area contributed by atoms with Crippen LogP contribution in [0.5, 0.6) is 0 Å². The number of rotatable bonds is 5. The molecule has 1 aliphatic carbocycles. The smallest absolute Gasteiger partial charge is 0.247 e. The summed E-state index contributed by atoms with van der Waals surface area (Å²) in [4.78, 5) is 0.366. The molecule has 1 aromatic heterocycles. The van der Waals surface area contributed by atoms with Crippen molar-refractivity contribution in [2.45, 2.75) is 62.9 Å². The predicted octanol–water partition coefficient (Wildman–Crippen LogP) is 1.32. The van der Waals surface area contributed by atoms with E-state index in [1.54, 1.807) is 18.2 Å². The zero-order valence-electron chi connectivity index (χ0n) is 12.7. The van der Waals surface area contributed by atoms with Gasteiger partial charge in [0.05, 0.1) is 11.4 Å². The first-order valence-corrected chi connectivity index (χ1v) is 9.21. The van der Waals surface area contributed by atoms with Gasteiger partial charge in [-0.25, -0.2) is 8.42 Å². The number of nitrogens with one attached hydrogen (secondary N) is 2. The van der Waals surface area contributed by atoms with E-state index in [1.807, 2.05) is 0 Å². The Morgan fingerprint density at radius 2 is 2.00 bits per heavy atom. The third kappa shape index (κ3) is 3.00. The van der Waals surface area contributed by atoms with Crippen molar-refractivity contribution in [2.24, 2.45) is 0 Å². The summed E-state index contributed by atoms with van der Waals surface area (Å²) in [5, 5.41) is 10.3. The fourth-order valence-corrected chi connectivity index (χ4v) is 5.21. The van der Waals surface area contributed by atoms with Gasteiger partial charge in [0.15, 0.2) is 0 Å². The Hall–Kier alpha value is -0.920. The molecule has 0 radical (unpaired) electrons. The largest absolute Gasteiger partial charge is 0.313 e. The molecule has 6 nitrogen and oxygen atoms in total. The van der Waals surface area contributed by atoms with Crippen LogP contribution in [0.3, 0.4) is 0 Å². The molecular weight excluding hydrogens is 288 g/mol. The van der Waals surface area contributed by atoms with Crippen molar-refractivity contribution < 1.29 is 8.42 Å². The zero-order valence-corrected chi connectivity index (χ0v) is 13.5. The van der Waals surface area contributed by atoms with Gasteiger partial charge in [-0.3, -0.25) is 5.10 Å². The van der Waals surface area contributed by atoms with Crippen LogP contribution in [0.15, 0.2) is 4.90 Å². The summed E-state index contributed by atoms with van der Waals surface area (Å²) in [6.45, 7) is 5.10. The number of aryl methyl sites for hydroxylation is 2. The van der Waals surface area contributed by atoms with Gasteiger partial charge in [-0.15, -0.1) is 0 Å². The Kier molecular flexibility index (Phi) is 4.07. The van der Waals surface area contributed by atoms with E-state index in [0.717, 1.165) is 25.8 Å². The van der Waals surface area contributed by atoms with Crippen molar-refractivity contribution in [2.75, 3.05) is 13.1 Å². The van der Waals surface area contributed by atoms with E-state index in [0.29, 0.717) is 22.8 Å². The Labute approximate surface area is 126 Å². The number of hydrogen-bond acceptors (Lipinski definition) is 4. The molecule has 21 heavy (non-hydrogen) atoms. The molecule has 1 aliphatic heterocycles. The number of hydrogen-bond donors (Lipinski definition) is 2. The Balaban J connectivity index is 1.86. The second-order valence-electron chi connectivity index (χ2n) is 6.22. The Morgan fingerprint density at radius 3 is 2.52 bits per heavy atom. The molecule has 0 amide bonds. The maximum atomic E-state index is 13.0. The monoisotopic (exact) mass is 312 g/mol. The molecule has 0 bridgehead atoms. The lowest BCUT2D eigenvalue weighted by Crippen LogP contribution is -2.46. The summed E-state index contributed by atoms with van der Waals surface area (Å²) >= 11 is 0. The summed E-state index contributed by atoms with van der Waals surface area (Å²) < 4.78 is 27.8. The van der Waals surface area contributed by atoms with Gasteiger partial charge in [-0.1, -0.05) is 6.42 Å². The molecule has 0 aromatic carbocycles. The van der Waals surface area contributed by atoms with Crippen LogP contribution in [0.2, 0.25) is 0 Å². The third-order valence-corrected chi connectivity index (χ3v) is 6.58. The molecule has 0 spiro atoms. The first-order chi connectivity index (χ1) is 10.00. The first kappa shape index (κ1) is 15.0. The lowest BCUT2D eigenvalue weighted by molar-refractivity contribution is 0.307. The highest BCUT2D eigenvalue weighted by Crippen LogP contribution is 2.34. The van der Waals surface area contributed by atoms with Crippen molar-refractivity contribution in [1.29, 1.82) is 0 Å². The predicted molar refractivity (Wildman–Crippen MR) is 80.6 cm³/mol. The number of aromatic amines is 1. The van der Waals surface area contributed by atoms with Crippen LogP contribution in [0, 0.1) is 13.8 Å². The molecule has 1 saturated heterocycles. The molecule has 3 rings (SSSR count). The second kappa shape index (κ2) is 5.70. The molecule has 7 heteroatoms. The number of H-pyrrole nitrogens is 1. The van der Waals surface area contributed by atoms with E-state index in [9.17, 15) is 8.42 Å². The van der Waals surface area contributed by atoms with Crippen LogP contribution in [-0.2, 0) is 10.0 Å². The molecular formula is C14H24N4O2S. The van der Waals surface area contributed by atoms with Gasteiger partial charge >= 0.3 is 0 Å². The quantitative estimate of drug-likeness (QED) is 0.859. The molecule has 1 aromatic rings. The third-order valence-electron chi connectivity index (χ3n) is 4.39. The van der Waals surface area contributed by atoms with E-state index in [4.69, 9.17) is 0 Å². The molecule has 2 fully saturated rings. The molecule has 1 saturated carbocycles. The van der Waals surface area contributed by atoms with E-state index >= 15 is 0 Å². The fourth-order valence-electron chi connectivity index (χ4n) is 3.14. The van der Waals surface area contributed by atoms with Crippen LogP contribution in [-0.4, -0.2) is 48.1 Å². The average Bonchev–Trinajstić information content (AvgIpc) is 3.22. The number of piperidine rings is 1. The van der Waals surface area contributed by atoms with Gasteiger partial charge in [0, 0.05) is 18.6 Å². The highest BCUT2D eigenvalue weighted by molar-refractivity contribution is 7.89. The minimum atomic E-state index is -3.46. The van der Waals surface area contributed by atoms with Crippen molar-refractivity contribution in [3.63, 3.8) is 0 Å². The molecule has 1 unspecified atom stereocenters. The molecule has 2 heterocycles. The van der Waals surface area contributed by atoms with Gasteiger partial charge in [-0.2, -0.15) is 9.40 Å². The van der Waals surface area contributed by atoms with Crippen LogP contribution >= 0.6 is 0 Å². The van der Waals surface area contributed by atoms with Crippen LogP contribution in [0.4, 0.5) is 0 Å². The van der Waals surface area contributed by atoms with Crippen molar-refractivity contribution in [1.82, 2.24) is 19.8 Å². The van der Waals surface area contributed by atoms with Gasteiger partial charge in [-0.05, 0) is 46.1 Å². The summed E-state index contributed by atoms with van der Waals surface area (Å²) in [6.07, 6.45) is 5.37. The van der Waals surface area contributed by atoms with Crippen molar-refractivity contribution >= 4 is 10.0 Å². The maximum Gasteiger partial charge on any atom is 0.247 e. The van der Waals surface area contributed by atoms with E-state index < -0.39 is 10.0 Å². The maximum absolute atomic E-state index is 13.0. The summed E-state index contributed by atoms with van der Waals surface area (Å²) in [5.41, 5.74) is 1.20. The lowest BCUT2D eigenvalue weighted by atomic mass is 10.1. The lowest BCUT2D eigenvalue weighted by Gasteiger charge is -2.30. The van der Waals surface area contributed by atoms with Crippen LogP contribution in [0.1, 0.15) is 43.5 Å². The summed E-state index contributed by atoms with van der Waals surface area (Å²) in [6, 6.07) is 0.453. The van der Waals surface area contributed by atoms with Gasteiger partial charge < -0.3 is 5.32 Å². The van der Waals surface area contributed by atoms with Gasteiger partial charge in [0.1, 0.15) is 4.90 Å². The molecule has 1 atom stereocenters. The standard InChI is InChI=1S/C14H24N4O2S/c1-10-14(11(2)17-16-10)21(19,20)18(13-6-7-13)9-12-5-3-4-8-15-12/h12-13,15H,3-9H2,1-2H3,(H,16,17). The minimum Gasteiger partial charge on any atom is -0.313 e. The minimum absolute atomic E-state index is 0.174. The Morgan fingerprint density at radius 1 is 1.24 bits per heavy atom.